The molecule has 0 aliphatic heterocycles. The summed E-state index contributed by atoms with van der Waals surface area (Å²) in [6.07, 6.45) is 0. The second-order valence-electron chi connectivity index (χ2n) is 7.56. The second-order valence-corrected chi connectivity index (χ2v) is 9.42. The van der Waals surface area contributed by atoms with Gasteiger partial charge in [-0.25, -0.2) is 8.42 Å². The molecule has 0 aromatic heterocycles. The number of sulfonamides is 1. The smallest absolute Gasteiger partial charge is 0.265 e. The molecule has 3 rings (SSSR count). The summed E-state index contributed by atoms with van der Waals surface area (Å²) >= 11 is 0. The molecule has 0 radical (unpaired) electrons. The Morgan fingerprint density at radius 3 is 2.14 bits per heavy atom. The van der Waals surface area contributed by atoms with Crippen molar-refractivity contribution < 1.29 is 37.0 Å². The molecule has 0 saturated carbocycles. The van der Waals surface area contributed by atoms with E-state index in [1.807, 2.05) is 0 Å². The van der Waals surface area contributed by atoms with Crippen LogP contribution in [0.15, 0.2) is 65.6 Å². The summed E-state index contributed by atoms with van der Waals surface area (Å²) in [6, 6.07) is 14.6. The van der Waals surface area contributed by atoms with E-state index in [9.17, 15) is 18.0 Å². The maximum absolute atomic E-state index is 13.9. The van der Waals surface area contributed by atoms with Crippen molar-refractivity contribution in [1.82, 2.24) is 0 Å². The number of ether oxygens (including phenoxy) is 4. The molecule has 0 atom stereocenters. The predicted octanol–water partition coefficient (Wildman–Crippen LogP) is 2.65. The molecule has 0 aliphatic carbocycles. The Balaban J connectivity index is 2.09. The van der Waals surface area contributed by atoms with Gasteiger partial charge in [0.05, 0.1) is 39.0 Å². The summed E-state index contributed by atoms with van der Waals surface area (Å²) in [5, 5.41) is 2.60. The molecule has 196 valence electrons. The highest BCUT2D eigenvalue weighted by atomic mass is 32.2. The maximum atomic E-state index is 13.9. The van der Waals surface area contributed by atoms with E-state index in [0.29, 0.717) is 11.5 Å². The van der Waals surface area contributed by atoms with Gasteiger partial charge in [0.25, 0.3) is 10.0 Å². The van der Waals surface area contributed by atoms with Crippen molar-refractivity contribution in [3.8, 4) is 23.0 Å². The number of nitrogens with one attached hydrogen (secondary N) is 1. The van der Waals surface area contributed by atoms with E-state index in [2.05, 4.69) is 5.32 Å². The lowest BCUT2D eigenvalue weighted by atomic mass is 10.2. The number of hydrogen-bond acceptors (Lipinski definition) is 8. The van der Waals surface area contributed by atoms with Crippen molar-refractivity contribution in [2.75, 3.05) is 44.6 Å². The molecule has 11 nitrogen and oxygen atoms in total. The van der Waals surface area contributed by atoms with Crippen molar-refractivity contribution in [3.05, 3.63) is 66.2 Å². The highest BCUT2D eigenvalue weighted by Gasteiger charge is 2.31. The third-order valence-corrected chi connectivity index (χ3v) is 7.07. The minimum absolute atomic E-state index is 0.0673. The molecule has 12 heteroatoms. The van der Waals surface area contributed by atoms with Gasteiger partial charge in [-0.15, -0.1) is 0 Å². The van der Waals surface area contributed by atoms with E-state index in [1.165, 1.54) is 70.9 Å². The van der Waals surface area contributed by atoms with Gasteiger partial charge in [0.1, 0.15) is 18.0 Å². The lowest BCUT2D eigenvalue weighted by Gasteiger charge is -2.26. The molecular weight excluding hydrogens is 502 g/mol. The van der Waals surface area contributed by atoms with E-state index < -0.39 is 28.4 Å². The van der Waals surface area contributed by atoms with Gasteiger partial charge in [-0.2, -0.15) is 0 Å². The molecule has 0 aliphatic rings. The van der Waals surface area contributed by atoms with Crippen LogP contribution in [0.25, 0.3) is 0 Å². The summed E-state index contributed by atoms with van der Waals surface area (Å²) in [4.78, 5) is 24.4. The fraction of sp³-hybridized carbons (Fsp3) is 0.200. The molecule has 2 amide bonds. The minimum atomic E-state index is -4.35. The van der Waals surface area contributed by atoms with Crippen LogP contribution in [0.4, 0.5) is 11.4 Å². The predicted molar refractivity (Wildman–Crippen MR) is 137 cm³/mol. The summed E-state index contributed by atoms with van der Waals surface area (Å²) in [6.45, 7) is -0.638. The van der Waals surface area contributed by atoms with E-state index in [1.54, 1.807) is 18.2 Å². The van der Waals surface area contributed by atoms with Gasteiger partial charge in [0, 0.05) is 23.4 Å². The van der Waals surface area contributed by atoms with Crippen LogP contribution >= 0.6 is 0 Å². The van der Waals surface area contributed by atoms with Gasteiger partial charge in [-0.3, -0.25) is 13.9 Å². The number of hydrogen-bond donors (Lipinski definition) is 2. The molecule has 0 heterocycles. The normalized spacial score (nSPS) is 10.8. The number of primary amides is 1. The monoisotopic (exact) mass is 529 g/mol. The molecule has 0 unspecified atom stereocenters. The number of carbonyl (C=O) groups excluding carboxylic acids is 2. The number of benzene rings is 3. The van der Waals surface area contributed by atoms with E-state index in [-0.39, 0.29) is 33.3 Å². The Morgan fingerprint density at radius 2 is 1.51 bits per heavy atom. The highest BCUT2D eigenvalue weighted by molar-refractivity contribution is 7.92. The quantitative estimate of drug-likeness (QED) is 0.385. The fourth-order valence-corrected chi connectivity index (χ4v) is 4.92. The number of carbonyl (C=O) groups is 2. The number of methoxy groups -OCH3 is 4. The van der Waals surface area contributed by atoms with Crippen LogP contribution in [0.5, 0.6) is 23.0 Å². The maximum Gasteiger partial charge on any atom is 0.265 e. The molecule has 3 N–H and O–H groups in total. The Morgan fingerprint density at radius 1 is 0.838 bits per heavy atom. The summed E-state index contributed by atoms with van der Waals surface area (Å²) in [7, 11) is 1.26. The SMILES string of the molecule is COc1ccc(OC)c(N(CC(=O)Nc2cccc(C(N)=O)c2)S(=O)(=O)c2ccc(OC)c(OC)c2)c1. The Bertz CT molecular complexity index is 1410. The first-order valence-electron chi connectivity index (χ1n) is 10.8. The van der Waals surface area contributed by atoms with Crippen molar-refractivity contribution in [2.24, 2.45) is 5.73 Å². The first-order valence-corrected chi connectivity index (χ1v) is 12.2. The van der Waals surface area contributed by atoms with Crippen molar-refractivity contribution in [2.45, 2.75) is 4.90 Å². The van der Waals surface area contributed by atoms with E-state index in [0.717, 1.165) is 4.31 Å². The first kappa shape index (κ1) is 27.1. The lowest BCUT2D eigenvalue weighted by Crippen LogP contribution is -2.38. The third-order valence-electron chi connectivity index (χ3n) is 5.32. The van der Waals surface area contributed by atoms with Gasteiger partial charge in [-0.05, 0) is 42.5 Å². The topological polar surface area (TPSA) is 146 Å². The van der Waals surface area contributed by atoms with E-state index in [4.69, 9.17) is 24.7 Å². The van der Waals surface area contributed by atoms with Crippen LogP contribution in [0.2, 0.25) is 0 Å². The molecule has 0 spiro atoms. The fourth-order valence-electron chi connectivity index (χ4n) is 3.48. The second kappa shape index (κ2) is 11.5. The Kier molecular flexibility index (Phi) is 8.45. The van der Waals surface area contributed by atoms with Gasteiger partial charge >= 0.3 is 0 Å². The van der Waals surface area contributed by atoms with Crippen LogP contribution in [0.3, 0.4) is 0 Å². The molecule has 3 aromatic carbocycles. The van der Waals surface area contributed by atoms with Crippen LogP contribution < -0.4 is 34.3 Å². The van der Waals surface area contributed by atoms with Gasteiger partial charge < -0.3 is 30.0 Å². The zero-order valence-electron chi connectivity index (χ0n) is 20.7. The lowest BCUT2D eigenvalue weighted by molar-refractivity contribution is -0.114. The summed E-state index contributed by atoms with van der Waals surface area (Å²) < 4.78 is 49.8. The van der Waals surface area contributed by atoms with Crippen LogP contribution in [-0.2, 0) is 14.8 Å². The van der Waals surface area contributed by atoms with Crippen LogP contribution in [0, 0.1) is 0 Å². The van der Waals surface area contributed by atoms with Gasteiger partial charge in [0.2, 0.25) is 11.8 Å². The van der Waals surface area contributed by atoms with Crippen molar-refractivity contribution >= 4 is 33.2 Å². The van der Waals surface area contributed by atoms with Crippen molar-refractivity contribution in [1.29, 1.82) is 0 Å². The van der Waals surface area contributed by atoms with Gasteiger partial charge in [0.15, 0.2) is 11.5 Å². The zero-order valence-corrected chi connectivity index (χ0v) is 21.5. The first-order chi connectivity index (χ1) is 17.6. The molecule has 37 heavy (non-hydrogen) atoms. The molecule has 0 bridgehead atoms. The molecular formula is C25H27N3O8S. The van der Waals surface area contributed by atoms with Crippen molar-refractivity contribution in [3.63, 3.8) is 0 Å². The average molecular weight is 530 g/mol. The van der Waals surface area contributed by atoms with Crippen LogP contribution in [0.1, 0.15) is 10.4 Å². The minimum Gasteiger partial charge on any atom is -0.497 e. The number of amides is 2. The number of nitrogens with zero attached hydrogens (tertiary/aromatic N) is 1. The number of nitrogens with two attached hydrogens (primary N) is 1. The standard InChI is InChI=1S/C25H27N3O8S/c1-33-18-8-10-21(34-2)20(13-18)28(15-24(29)27-17-7-5-6-16(12-17)25(26)30)37(31,32)19-9-11-22(35-3)23(14-19)36-4/h5-14H,15H2,1-4H3,(H2,26,30)(H,27,29). The molecule has 0 fully saturated rings. The van der Waals surface area contributed by atoms with Crippen LogP contribution in [-0.4, -0.2) is 55.2 Å². The summed E-state index contributed by atoms with van der Waals surface area (Å²) in [5.74, 6) is -0.301. The Labute approximate surface area is 214 Å². The third kappa shape index (κ3) is 6.04. The molecule has 0 saturated heterocycles. The van der Waals surface area contributed by atoms with Gasteiger partial charge in [-0.1, -0.05) is 6.07 Å². The highest BCUT2D eigenvalue weighted by Crippen LogP contribution is 2.37. The zero-order chi connectivity index (χ0) is 27.2. The number of anilines is 2. The van der Waals surface area contributed by atoms with E-state index >= 15 is 0 Å². The summed E-state index contributed by atoms with van der Waals surface area (Å²) in [5.41, 5.74) is 5.83. The average Bonchev–Trinajstić information content (AvgIpc) is 2.90. The molecule has 3 aromatic rings. The Hall–Kier alpha value is -4.45. The number of rotatable bonds is 11. The largest absolute Gasteiger partial charge is 0.497 e.